The van der Waals surface area contributed by atoms with Crippen molar-refractivity contribution in [3.63, 3.8) is 0 Å². The Kier molecular flexibility index (Phi) is 3.62. The van der Waals surface area contributed by atoms with Gasteiger partial charge in [-0.15, -0.1) is 0 Å². The van der Waals surface area contributed by atoms with Gasteiger partial charge in [-0.05, 0) is 30.1 Å². The van der Waals surface area contributed by atoms with E-state index in [1.807, 2.05) is 0 Å². The predicted octanol–water partition coefficient (Wildman–Crippen LogP) is 0.364. The molecule has 78 valence electrons. The normalized spacial score (nSPS) is 15.0. The third kappa shape index (κ3) is 2.80. The highest BCUT2D eigenvalue weighted by Gasteiger charge is 2.05. The van der Waals surface area contributed by atoms with E-state index in [1.165, 1.54) is 24.3 Å². The minimum Gasteiger partial charge on any atom is -0.329 e. The molecular weight excluding hydrogens is 203 g/mol. The van der Waals surface area contributed by atoms with E-state index in [4.69, 9.17) is 5.73 Å². The molecule has 3 N–H and O–H groups in total. The molecular formula is C9H13FN2OS. The average Bonchev–Trinajstić information content (AvgIpc) is 2.16. The number of hydrogen-bond donors (Lipinski definition) is 2. The molecule has 1 aromatic rings. The zero-order valence-corrected chi connectivity index (χ0v) is 8.52. The predicted molar refractivity (Wildman–Crippen MR) is 57.0 cm³/mol. The molecule has 0 amide bonds. The summed E-state index contributed by atoms with van der Waals surface area (Å²) in [5.74, 6) is 3.19. The van der Waals surface area contributed by atoms with Crippen LogP contribution in [0.1, 0.15) is 0 Å². The second-order valence-corrected chi connectivity index (χ2v) is 4.92. The molecule has 3 nitrogen and oxygen atoms in total. The van der Waals surface area contributed by atoms with Gasteiger partial charge in [-0.2, -0.15) is 0 Å². The van der Waals surface area contributed by atoms with Crippen LogP contribution in [0.2, 0.25) is 0 Å². The van der Waals surface area contributed by atoms with Crippen LogP contribution in [0, 0.1) is 5.82 Å². The van der Waals surface area contributed by atoms with Crippen LogP contribution in [0.4, 0.5) is 4.39 Å². The molecule has 0 heterocycles. The Labute approximate surface area is 83.3 Å². The van der Waals surface area contributed by atoms with Crippen molar-refractivity contribution in [1.29, 1.82) is 0 Å². The average molecular weight is 216 g/mol. The molecule has 0 aromatic heterocycles. The third-order valence-electron chi connectivity index (χ3n) is 1.67. The van der Waals surface area contributed by atoms with Crippen LogP contribution in [0.3, 0.4) is 0 Å². The van der Waals surface area contributed by atoms with Crippen LogP contribution in [-0.4, -0.2) is 23.2 Å². The number of hydrogen-bond acceptors (Lipinski definition) is 2. The van der Waals surface area contributed by atoms with Crippen molar-refractivity contribution in [2.24, 2.45) is 5.73 Å². The van der Waals surface area contributed by atoms with E-state index < -0.39 is 9.71 Å². The molecule has 0 aliphatic rings. The Morgan fingerprint density at radius 1 is 1.43 bits per heavy atom. The van der Waals surface area contributed by atoms with Crippen molar-refractivity contribution < 1.29 is 8.60 Å². The van der Waals surface area contributed by atoms with Crippen molar-refractivity contribution >= 4 is 15.6 Å². The molecule has 1 atom stereocenters. The van der Waals surface area contributed by atoms with E-state index in [-0.39, 0.29) is 5.82 Å². The summed E-state index contributed by atoms with van der Waals surface area (Å²) in [6, 6.07) is 5.41. The lowest BCUT2D eigenvalue weighted by Gasteiger charge is -2.10. The Morgan fingerprint density at radius 2 is 2.00 bits per heavy atom. The molecule has 0 radical (unpaired) electrons. The summed E-state index contributed by atoms with van der Waals surface area (Å²) in [5, 5.41) is 0. The molecule has 1 unspecified atom stereocenters. The monoisotopic (exact) mass is 216 g/mol. The summed E-state index contributed by atoms with van der Waals surface area (Å²) < 4.78 is 27.1. The Balaban J connectivity index is 2.87. The van der Waals surface area contributed by atoms with E-state index in [0.29, 0.717) is 18.0 Å². The van der Waals surface area contributed by atoms with Crippen molar-refractivity contribution in [2.75, 3.05) is 13.1 Å². The summed E-state index contributed by atoms with van der Waals surface area (Å²) in [5.41, 5.74) is 5.26. The van der Waals surface area contributed by atoms with Gasteiger partial charge in [0, 0.05) is 18.0 Å². The molecule has 0 bridgehead atoms. The molecule has 1 rings (SSSR count). The van der Waals surface area contributed by atoms with Crippen molar-refractivity contribution in [2.45, 2.75) is 4.90 Å². The zero-order chi connectivity index (χ0) is 10.6. The van der Waals surface area contributed by atoms with Gasteiger partial charge in [0.25, 0.3) is 0 Å². The lowest BCUT2D eigenvalue weighted by atomic mass is 10.4. The van der Waals surface area contributed by atoms with E-state index >= 15 is 0 Å². The van der Waals surface area contributed by atoms with Gasteiger partial charge in [0.15, 0.2) is 0 Å². The fourth-order valence-corrected chi connectivity index (χ4v) is 2.15. The van der Waals surface area contributed by atoms with Gasteiger partial charge < -0.3 is 5.73 Å². The lowest BCUT2D eigenvalue weighted by Crippen LogP contribution is -2.28. The van der Waals surface area contributed by atoms with Crippen LogP contribution in [0.15, 0.2) is 29.2 Å². The maximum Gasteiger partial charge on any atom is 0.123 e. The molecule has 0 fully saturated rings. The van der Waals surface area contributed by atoms with Gasteiger partial charge in [0.05, 0.1) is 9.71 Å². The molecule has 0 aliphatic carbocycles. The van der Waals surface area contributed by atoms with Gasteiger partial charge in [-0.1, -0.05) is 0 Å². The summed E-state index contributed by atoms with van der Waals surface area (Å²) in [4.78, 5) is 0.479. The second-order valence-electron chi connectivity index (χ2n) is 2.81. The van der Waals surface area contributed by atoms with Crippen LogP contribution in [0.25, 0.3) is 0 Å². The van der Waals surface area contributed by atoms with Crippen molar-refractivity contribution in [3.05, 3.63) is 30.1 Å². The highest BCUT2D eigenvalue weighted by molar-refractivity contribution is 7.98. The largest absolute Gasteiger partial charge is 0.329 e. The summed E-state index contributed by atoms with van der Waals surface area (Å²) in [7, 11) is -2.54. The van der Waals surface area contributed by atoms with Crippen molar-refractivity contribution in [1.82, 2.24) is 4.72 Å². The first-order valence-electron chi connectivity index (χ1n) is 4.14. The standard InChI is InChI=1S/C9H13FN2OS/c1-14(13,12-7-6-11)9-4-2-8(10)3-5-9/h2-5H,1,6-7,11H2,(H,12,13). The van der Waals surface area contributed by atoms with Gasteiger partial charge in [0.2, 0.25) is 0 Å². The quantitative estimate of drug-likeness (QED) is 0.714. The Morgan fingerprint density at radius 3 is 2.50 bits per heavy atom. The molecule has 0 saturated carbocycles. The van der Waals surface area contributed by atoms with Gasteiger partial charge >= 0.3 is 0 Å². The van der Waals surface area contributed by atoms with Crippen LogP contribution in [-0.2, 0) is 9.71 Å². The first-order chi connectivity index (χ1) is 6.56. The Hall–Kier alpha value is -0.910. The minimum atomic E-state index is -2.54. The second kappa shape index (κ2) is 4.54. The topological polar surface area (TPSA) is 55.1 Å². The highest BCUT2D eigenvalue weighted by atomic mass is 32.2. The minimum absolute atomic E-state index is 0.359. The Bertz CT molecular complexity index is 386. The fourth-order valence-electron chi connectivity index (χ4n) is 0.962. The fraction of sp³-hybridized carbons (Fsp3) is 0.222. The first-order valence-corrected chi connectivity index (χ1v) is 5.86. The molecule has 14 heavy (non-hydrogen) atoms. The van der Waals surface area contributed by atoms with Crippen LogP contribution in [0.5, 0.6) is 0 Å². The van der Waals surface area contributed by atoms with Crippen molar-refractivity contribution in [3.8, 4) is 0 Å². The molecule has 0 saturated heterocycles. The van der Waals surface area contributed by atoms with Gasteiger partial charge in [-0.3, -0.25) is 0 Å². The summed E-state index contributed by atoms with van der Waals surface area (Å²) in [6.07, 6.45) is 0. The number of nitrogens with one attached hydrogen (secondary N) is 1. The molecule has 1 aromatic carbocycles. The van der Waals surface area contributed by atoms with Gasteiger partial charge in [0.1, 0.15) is 5.82 Å². The molecule has 5 heteroatoms. The lowest BCUT2D eigenvalue weighted by molar-refractivity contribution is 0.626. The summed E-state index contributed by atoms with van der Waals surface area (Å²) in [6.45, 7) is 0.799. The summed E-state index contributed by atoms with van der Waals surface area (Å²) >= 11 is 0. The van der Waals surface area contributed by atoms with E-state index in [9.17, 15) is 8.60 Å². The van der Waals surface area contributed by atoms with E-state index in [0.717, 1.165) is 0 Å². The van der Waals surface area contributed by atoms with Crippen LogP contribution >= 0.6 is 0 Å². The number of benzene rings is 1. The number of halogens is 1. The highest BCUT2D eigenvalue weighted by Crippen LogP contribution is 2.08. The zero-order valence-electron chi connectivity index (χ0n) is 7.70. The maximum absolute atomic E-state index is 12.6. The molecule has 0 spiro atoms. The smallest absolute Gasteiger partial charge is 0.123 e. The number of rotatable bonds is 4. The van der Waals surface area contributed by atoms with Gasteiger partial charge in [-0.25, -0.2) is 13.3 Å². The number of nitrogens with two attached hydrogens (primary N) is 1. The maximum atomic E-state index is 12.6. The molecule has 0 aliphatic heterocycles. The SMILES string of the molecule is C=S(=O)(NCCN)c1ccc(F)cc1. The van der Waals surface area contributed by atoms with E-state index in [2.05, 4.69) is 10.6 Å². The third-order valence-corrected chi connectivity index (χ3v) is 3.38. The first kappa shape index (κ1) is 11.2. The van der Waals surface area contributed by atoms with E-state index in [1.54, 1.807) is 0 Å². The van der Waals surface area contributed by atoms with Crippen LogP contribution < -0.4 is 10.5 Å².